The van der Waals surface area contributed by atoms with E-state index in [0.717, 1.165) is 21.9 Å². The average Bonchev–Trinajstić information content (AvgIpc) is 3.60. The van der Waals surface area contributed by atoms with Crippen LogP contribution < -0.4 is 4.74 Å². The van der Waals surface area contributed by atoms with Gasteiger partial charge in [0, 0.05) is 37.9 Å². The summed E-state index contributed by atoms with van der Waals surface area (Å²) >= 11 is 1.44. The van der Waals surface area contributed by atoms with Crippen molar-refractivity contribution in [2.24, 2.45) is 0 Å². The second-order valence-corrected chi connectivity index (χ2v) is 8.91. The number of carbonyl (C=O) groups excluding carboxylic acids is 2. The molecule has 1 aliphatic rings. The van der Waals surface area contributed by atoms with Crippen molar-refractivity contribution >= 4 is 23.2 Å². The number of ether oxygens (including phenoxy) is 1. The van der Waals surface area contributed by atoms with Crippen LogP contribution >= 0.6 is 11.3 Å². The Kier molecular flexibility index (Phi) is 6.14. The molecule has 1 saturated heterocycles. The number of benzene rings is 2. The van der Waals surface area contributed by atoms with Crippen LogP contribution in [-0.4, -0.2) is 64.7 Å². The fraction of sp³-hybridized carbons (Fsp3) is 0.192. The summed E-state index contributed by atoms with van der Waals surface area (Å²) in [6.07, 6.45) is 1.79. The molecule has 2 amide bonds. The molecule has 0 N–H and O–H groups in total. The van der Waals surface area contributed by atoms with Crippen molar-refractivity contribution in [1.82, 2.24) is 19.6 Å². The van der Waals surface area contributed by atoms with Crippen LogP contribution in [0.1, 0.15) is 20.0 Å². The lowest BCUT2D eigenvalue weighted by molar-refractivity contribution is 0.0538. The van der Waals surface area contributed by atoms with Gasteiger partial charge in [-0.05, 0) is 47.8 Å². The molecule has 1 fully saturated rings. The summed E-state index contributed by atoms with van der Waals surface area (Å²) in [5.41, 5.74) is 2.87. The molecule has 8 heteroatoms. The number of aromatic nitrogens is 2. The van der Waals surface area contributed by atoms with Crippen LogP contribution in [0.15, 0.2) is 78.3 Å². The van der Waals surface area contributed by atoms with Gasteiger partial charge in [-0.15, -0.1) is 11.3 Å². The van der Waals surface area contributed by atoms with Gasteiger partial charge in [0.15, 0.2) is 0 Å². The fourth-order valence-corrected chi connectivity index (χ4v) is 4.74. The molecule has 0 aliphatic carbocycles. The molecule has 7 nitrogen and oxygen atoms in total. The van der Waals surface area contributed by atoms with Crippen molar-refractivity contribution in [3.63, 3.8) is 0 Å². The summed E-state index contributed by atoms with van der Waals surface area (Å²) in [5.74, 6) is 0.680. The molecule has 3 heterocycles. The summed E-state index contributed by atoms with van der Waals surface area (Å²) in [4.78, 5) is 30.6. The van der Waals surface area contributed by atoms with Gasteiger partial charge in [0.25, 0.3) is 11.8 Å². The maximum atomic E-state index is 13.6. The molecular weight excluding hydrogens is 448 g/mol. The molecule has 1 aliphatic heterocycles. The van der Waals surface area contributed by atoms with Gasteiger partial charge >= 0.3 is 0 Å². The molecule has 0 radical (unpaired) electrons. The van der Waals surface area contributed by atoms with Gasteiger partial charge < -0.3 is 14.5 Å². The summed E-state index contributed by atoms with van der Waals surface area (Å²) in [6.45, 7) is 1.98. The highest BCUT2D eigenvalue weighted by atomic mass is 32.1. The Balaban J connectivity index is 1.41. The van der Waals surface area contributed by atoms with Crippen LogP contribution in [0.4, 0.5) is 0 Å². The Morgan fingerprint density at radius 2 is 1.53 bits per heavy atom. The smallest absolute Gasteiger partial charge is 0.264 e. The number of rotatable bonds is 5. The predicted octanol–water partition coefficient (Wildman–Crippen LogP) is 4.21. The van der Waals surface area contributed by atoms with Gasteiger partial charge in [-0.25, -0.2) is 4.68 Å². The number of carbonyl (C=O) groups is 2. The summed E-state index contributed by atoms with van der Waals surface area (Å²) < 4.78 is 7.02. The highest BCUT2D eigenvalue weighted by Gasteiger charge is 2.29. The lowest BCUT2D eigenvalue weighted by Crippen LogP contribution is -2.50. The predicted molar refractivity (Wildman–Crippen MR) is 132 cm³/mol. The van der Waals surface area contributed by atoms with Crippen molar-refractivity contribution in [2.45, 2.75) is 0 Å². The van der Waals surface area contributed by atoms with Crippen molar-refractivity contribution in [3.05, 3.63) is 88.7 Å². The van der Waals surface area contributed by atoms with Gasteiger partial charge in [-0.3, -0.25) is 9.59 Å². The van der Waals surface area contributed by atoms with Crippen molar-refractivity contribution in [3.8, 4) is 22.7 Å². The maximum absolute atomic E-state index is 13.6. The van der Waals surface area contributed by atoms with Crippen LogP contribution in [0.5, 0.6) is 5.75 Å². The molecule has 4 aromatic rings. The Hall–Kier alpha value is -3.91. The highest BCUT2D eigenvalue weighted by molar-refractivity contribution is 7.12. The lowest BCUT2D eigenvalue weighted by Gasteiger charge is -2.34. The zero-order chi connectivity index (χ0) is 23.5. The van der Waals surface area contributed by atoms with Gasteiger partial charge in [0.1, 0.15) is 11.4 Å². The molecule has 172 valence electrons. The van der Waals surface area contributed by atoms with E-state index in [9.17, 15) is 9.59 Å². The largest absolute Gasteiger partial charge is 0.497 e. The minimum atomic E-state index is -0.0868. The van der Waals surface area contributed by atoms with E-state index < -0.39 is 0 Å². The third-order valence-corrected chi connectivity index (χ3v) is 6.77. The number of piperazine rings is 1. The molecule has 5 rings (SSSR count). The monoisotopic (exact) mass is 472 g/mol. The number of hydrogen-bond donors (Lipinski definition) is 0. The number of para-hydroxylation sites is 1. The fourth-order valence-electron chi connectivity index (χ4n) is 4.04. The van der Waals surface area contributed by atoms with Gasteiger partial charge in [-0.2, -0.15) is 5.10 Å². The van der Waals surface area contributed by atoms with Crippen LogP contribution in [-0.2, 0) is 0 Å². The van der Waals surface area contributed by atoms with Crippen LogP contribution in [0.2, 0.25) is 0 Å². The van der Waals surface area contributed by atoms with Gasteiger partial charge in [0.2, 0.25) is 0 Å². The molecule has 34 heavy (non-hydrogen) atoms. The number of nitrogens with zero attached hydrogens (tertiary/aromatic N) is 4. The van der Waals surface area contributed by atoms with E-state index in [2.05, 4.69) is 0 Å². The molecule has 0 bridgehead atoms. The first-order valence-electron chi connectivity index (χ1n) is 11.1. The standard InChI is InChI=1S/C26H24N4O3S/c1-33-21-11-9-19(10-12-21)24-22(18-30(27-24)20-6-3-2-4-7-20)25(31)28-13-15-29(16-14-28)26(32)23-8-5-17-34-23/h2-12,17-18H,13-16H2,1H3. The van der Waals surface area contributed by atoms with E-state index in [-0.39, 0.29) is 11.8 Å². The quantitative estimate of drug-likeness (QED) is 0.437. The van der Waals surface area contributed by atoms with E-state index in [1.165, 1.54) is 11.3 Å². The second-order valence-electron chi connectivity index (χ2n) is 7.96. The zero-order valence-electron chi connectivity index (χ0n) is 18.8. The normalized spacial score (nSPS) is 13.7. The van der Waals surface area contributed by atoms with E-state index in [0.29, 0.717) is 37.4 Å². The van der Waals surface area contributed by atoms with E-state index >= 15 is 0 Å². The molecular formula is C26H24N4O3S. The van der Waals surface area contributed by atoms with E-state index in [1.807, 2.05) is 77.0 Å². The van der Waals surface area contributed by atoms with Gasteiger partial charge in [0.05, 0.1) is 23.2 Å². The number of methoxy groups -OCH3 is 1. The number of hydrogen-bond acceptors (Lipinski definition) is 5. The average molecular weight is 473 g/mol. The molecule has 0 spiro atoms. The van der Waals surface area contributed by atoms with Crippen molar-refractivity contribution in [1.29, 1.82) is 0 Å². The van der Waals surface area contributed by atoms with Crippen LogP contribution in [0, 0.1) is 0 Å². The first-order chi connectivity index (χ1) is 16.6. The van der Waals surface area contributed by atoms with E-state index in [4.69, 9.17) is 9.84 Å². The first-order valence-corrected chi connectivity index (χ1v) is 11.9. The Morgan fingerprint density at radius 3 is 2.15 bits per heavy atom. The number of thiophene rings is 1. The Morgan fingerprint density at radius 1 is 0.853 bits per heavy atom. The molecule has 2 aromatic carbocycles. The Bertz CT molecular complexity index is 1280. The molecule has 0 atom stereocenters. The topological polar surface area (TPSA) is 67.7 Å². The van der Waals surface area contributed by atoms with Crippen LogP contribution in [0.3, 0.4) is 0 Å². The zero-order valence-corrected chi connectivity index (χ0v) is 19.6. The number of amides is 2. The third-order valence-electron chi connectivity index (χ3n) is 5.91. The SMILES string of the molecule is COc1ccc(-c2nn(-c3ccccc3)cc2C(=O)N2CCN(C(=O)c3cccs3)CC2)cc1. The lowest BCUT2D eigenvalue weighted by atomic mass is 10.1. The Labute approximate surface area is 201 Å². The van der Waals surface area contributed by atoms with Crippen molar-refractivity contribution < 1.29 is 14.3 Å². The van der Waals surface area contributed by atoms with Crippen LogP contribution in [0.25, 0.3) is 16.9 Å². The maximum Gasteiger partial charge on any atom is 0.264 e. The third kappa shape index (κ3) is 4.32. The second kappa shape index (κ2) is 9.52. The summed E-state index contributed by atoms with van der Waals surface area (Å²) in [6, 6.07) is 21.0. The van der Waals surface area contributed by atoms with Crippen molar-refractivity contribution in [2.75, 3.05) is 33.3 Å². The minimum absolute atomic E-state index is 0.0259. The molecule has 2 aromatic heterocycles. The molecule has 0 unspecified atom stereocenters. The molecule has 0 saturated carbocycles. The minimum Gasteiger partial charge on any atom is -0.497 e. The van der Waals surface area contributed by atoms with E-state index in [1.54, 1.807) is 22.9 Å². The highest BCUT2D eigenvalue weighted by Crippen LogP contribution is 2.27. The van der Waals surface area contributed by atoms with Gasteiger partial charge in [-0.1, -0.05) is 24.3 Å². The summed E-state index contributed by atoms with van der Waals surface area (Å²) in [7, 11) is 1.62. The first kappa shape index (κ1) is 21.9. The summed E-state index contributed by atoms with van der Waals surface area (Å²) in [5, 5.41) is 6.67.